The van der Waals surface area contributed by atoms with Gasteiger partial charge >= 0.3 is 5.97 Å². The number of carbonyl (C=O) groups is 2. The van der Waals surface area contributed by atoms with Crippen molar-refractivity contribution in [2.45, 2.75) is 39.8 Å². The second kappa shape index (κ2) is 9.17. The molecule has 1 fully saturated rings. The number of amides is 1. The molecule has 7 heteroatoms. The van der Waals surface area contributed by atoms with Crippen LogP contribution in [0.25, 0.3) is 0 Å². The van der Waals surface area contributed by atoms with Gasteiger partial charge in [-0.05, 0) is 29.3 Å². The number of thiophene rings is 1. The van der Waals surface area contributed by atoms with E-state index in [-0.39, 0.29) is 23.7 Å². The van der Waals surface area contributed by atoms with Gasteiger partial charge in [-0.2, -0.15) is 0 Å². The lowest BCUT2D eigenvalue weighted by Gasteiger charge is -2.33. The molecule has 2 aliphatic rings. The van der Waals surface area contributed by atoms with Crippen LogP contribution in [0, 0.1) is 11.8 Å². The van der Waals surface area contributed by atoms with Gasteiger partial charge in [0.15, 0.2) is 6.10 Å². The minimum Gasteiger partial charge on any atom is -0.452 e. The molecule has 0 unspecified atom stereocenters. The molecule has 6 nitrogen and oxygen atoms in total. The zero-order valence-corrected chi connectivity index (χ0v) is 17.3. The number of nitrogens with zero attached hydrogens (tertiary/aromatic N) is 2. The Kier molecular flexibility index (Phi) is 6.89. The molecule has 0 saturated carbocycles. The maximum Gasteiger partial charge on any atom is 0.310 e. The Bertz CT molecular complexity index is 654. The highest BCUT2D eigenvalue weighted by Gasteiger charge is 2.34. The average molecular weight is 395 g/mol. The van der Waals surface area contributed by atoms with Crippen LogP contribution in [0.4, 0.5) is 0 Å². The maximum absolute atomic E-state index is 13.0. The lowest BCUT2D eigenvalue weighted by atomic mass is 10.0. The predicted octanol–water partition coefficient (Wildman–Crippen LogP) is 2.17. The summed E-state index contributed by atoms with van der Waals surface area (Å²) in [5.41, 5.74) is 1.22. The van der Waals surface area contributed by atoms with Crippen molar-refractivity contribution in [3.05, 3.63) is 21.9 Å². The molecule has 1 amide bonds. The topological polar surface area (TPSA) is 59.1 Å². The summed E-state index contributed by atoms with van der Waals surface area (Å²) in [4.78, 5) is 31.1. The average Bonchev–Trinajstić information content (AvgIpc) is 3.13. The third-order valence-corrected chi connectivity index (χ3v) is 6.27. The molecule has 0 aromatic carbocycles. The van der Waals surface area contributed by atoms with Crippen LogP contribution in [0.2, 0.25) is 0 Å². The summed E-state index contributed by atoms with van der Waals surface area (Å²) in [5, 5.41) is 2.08. The van der Waals surface area contributed by atoms with Crippen LogP contribution in [0.5, 0.6) is 0 Å². The third-order valence-electron chi connectivity index (χ3n) is 5.25. The first-order chi connectivity index (χ1) is 13.0. The van der Waals surface area contributed by atoms with Gasteiger partial charge in [-0.25, -0.2) is 0 Å². The molecule has 0 radical (unpaired) electrons. The molecule has 150 valence electrons. The predicted molar refractivity (Wildman–Crippen MR) is 105 cm³/mol. The van der Waals surface area contributed by atoms with E-state index in [1.165, 1.54) is 10.4 Å². The Morgan fingerprint density at radius 1 is 1.22 bits per heavy atom. The van der Waals surface area contributed by atoms with E-state index in [9.17, 15) is 9.59 Å². The van der Waals surface area contributed by atoms with Gasteiger partial charge in [0.1, 0.15) is 0 Å². The van der Waals surface area contributed by atoms with E-state index in [0.29, 0.717) is 32.8 Å². The molecule has 3 heterocycles. The number of fused-ring (bicyclic) bond motifs is 1. The highest BCUT2D eigenvalue weighted by molar-refractivity contribution is 7.10. The monoisotopic (exact) mass is 394 g/mol. The summed E-state index contributed by atoms with van der Waals surface area (Å²) in [6.45, 7) is 10.8. The van der Waals surface area contributed by atoms with Crippen molar-refractivity contribution < 1.29 is 19.1 Å². The van der Waals surface area contributed by atoms with Crippen LogP contribution in [-0.2, 0) is 32.0 Å². The Morgan fingerprint density at radius 3 is 2.67 bits per heavy atom. The fourth-order valence-corrected chi connectivity index (χ4v) is 4.46. The largest absolute Gasteiger partial charge is 0.452 e. The normalized spacial score (nSPS) is 20.2. The molecule has 3 rings (SSSR count). The maximum atomic E-state index is 13.0. The molecule has 2 atom stereocenters. The fourth-order valence-electron chi connectivity index (χ4n) is 3.58. The SMILES string of the molecule is CC(C)[C@H](OC(=O)[C@@H](C)CN1CCOCC1)C(=O)N1CCc2sccc2C1. The van der Waals surface area contributed by atoms with Crippen molar-refractivity contribution in [1.29, 1.82) is 0 Å². The number of ether oxygens (including phenoxy) is 2. The molecule has 27 heavy (non-hydrogen) atoms. The highest BCUT2D eigenvalue weighted by atomic mass is 32.1. The zero-order chi connectivity index (χ0) is 19.4. The smallest absolute Gasteiger partial charge is 0.310 e. The first-order valence-electron chi connectivity index (χ1n) is 9.80. The summed E-state index contributed by atoms with van der Waals surface area (Å²) in [6.07, 6.45) is 0.162. The lowest BCUT2D eigenvalue weighted by molar-refractivity contribution is -0.167. The van der Waals surface area contributed by atoms with Crippen LogP contribution in [-0.4, -0.2) is 67.2 Å². The zero-order valence-electron chi connectivity index (χ0n) is 16.5. The quantitative estimate of drug-likeness (QED) is 0.692. The van der Waals surface area contributed by atoms with Gasteiger partial charge in [-0.3, -0.25) is 14.5 Å². The van der Waals surface area contributed by atoms with Crippen molar-refractivity contribution in [1.82, 2.24) is 9.80 Å². The molecule has 0 aliphatic carbocycles. The highest BCUT2D eigenvalue weighted by Crippen LogP contribution is 2.25. The van der Waals surface area contributed by atoms with E-state index in [2.05, 4.69) is 16.3 Å². The molecule has 0 N–H and O–H groups in total. The van der Waals surface area contributed by atoms with E-state index in [0.717, 1.165) is 19.5 Å². The van der Waals surface area contributed by atoms with Gasteiger partial charge < -0.3 is 14.4 Å². The molecule has 1 aromatic rings. The van der Waals surface area contributed by atoms with Gasteiger partial charge in [0.05, 0.1) is 19.1 Å². The van der Waals surface area contributed by atoms with Gasteiger partial charge in [0.2, 0.25) is 0 Å². The Morgan fingerprint density at radius 2 is 1.96 bits per heavy atom. The van der Waals surface area contributed by atoms with Gasteiger partial charge in [0.25, 0.3) is 5.91 Å². The first-order valence-corrected chi connectivity index (χ1v) is 10.7. The van der Waals surface area contributed by atoms with E-state index >= 15 is 0 Å². The molecule has 1 saturated heterocycles. The molecular formula is C20H30N2O4S. The Labute approximate surface area is 165 Å². The number of esters is 1. The second-order valence-corrected chi connectivity index (χ2v) is 8.80. The van der Waals surface area contributed by atoms with Crippen LogP contribution in [0.15, 0.2) is 11.4 Å². The summed E-state index contributed by atoms with van der Waals surface area (Å²) in [7, 11) is 0. The van der Waals surface area contributed by atoms with E-state index in [1.54, 1.807) is 11.3 Å². The molecule has 1 aromatic heterocycles. The van der Waals surface area contributed by atoms with Gasteiger partial charge in [-0.15, -0.1) is 11.3 Å². The minimum absolute atomic E-state index is 0.0547. The standard InChI is InChI=1S/C20H30N2O4S/c1-14(2)18(19(23)22-6-4-17-16(13-22)5-11-27-17)26-20(24)15(3)12-21-7-9-25-10-8-21/h5,11,14-15,18H,4,6-10,12-13H2,1-3H3/t15-,18-/m0/s1. The number of rotatable bonds is 6. The minimum atomic E-state index is -0.718. The Hall–Kier alpha value is -1.44. The summed E-state index contributed by atoms with van der Waals surface area (Å²) >= 11 is 1.75. The van der Waals surface area contributed by atoms with Crippen molar-refractivity contribution in [2.75, 3.05) is 39.4 Å². The van der Waals surface area contributed by atoms with E-state index in [4.69, 9.17) is 9.47 Å². The first kappa shape index (κ1) is 20.3. The van der Waals surface area contributed by atoms with Crippen molar-refractivity contribution >= 4 is 23.2 Å². The van der Waals surface area contributed by atoms with Crippen molar-refractivity contribution in [3.8, 4) is 0 Å². The summed E-state index contributed by atoms with van der Waals surface area (Å²) in [5.74, 6) is -0.682. The molecule has 0 bridgehead atoms. The molecular weight excluding hydrogens is 364 g/mol. The van der Waals surface area contributed by atoms with E-state index in [1.807, 2.05) is 25.7 Å². The Balaban J connectivity index is 1.58. The number of hydrogen-bond acceptors (Lipinski definition) is 6. The lowest BCUT2D eigenvalue weighted by Crippen LogP contribution is -2.47. The summed E-state index contributed by atoms with van der Waals surface area (Å²) < 4.78 is 11.1. The third kappa shape index (κ3) is 5.09. The summed E-state index contributed by atoms with van der Waals surface area (Å²) in [6, 6.07) is 2.08. The molecule has 2 aliphatic heterocycles. The number of hydrogen-bond donors (Lipinski definition) is 0. The van der Waals surface area contributed by atoms with Gasteiger partial charge in [-0.1, -0.05) is 20.8 Å². The van der Waals surface area contributed by atoms with Crippen molar-refractivity contribution in [3.63, 3.8) is 0 Å². The fraction of sp³-hybridized carbons (Fsp3) is 0.700. The molecule has 0 spiro atoms. The second-order valence-electron chi connectivity index (χ2n) is 7.79. The van der Waals surface area contributed by atoms with Crippen molar-refractivity contribution in [2.24, 2.45) is 11.8 Å². The van der Waals surface area contributed by atoms with E-state index < -0.39 is 6.10 Å². The number of carbonyl (C=O) groups excluding carboxylic acids is 2. The number of morpholine rings is 1. The van der Waals surface area contributed by atoms with Crippen LogP contribution in [0.1, 0.15) is 31.2 Å². The van der Waals surface area contributed by atoms with Crippen LogP contribution in [0.3, 0.4) is 0 Å². The van der Waals surface area contributed by atoms with Crippen LogP contribution < -0.4 is 0 Å². The van der Waals surface area contributed by atoms with Crippen LogP contribution >= 0.6 is 11.3 Å². The van der Waals surface area contributed by atoms with Gasteiger partial charge in [0, 0.05) is 37.6 Å².